The maximum atomic E-state index is 13.0. The number of nitrogens with one attached hydrogen (secondary N) is 2. The molecule has 0 aliphatic carbocycles. The molecule has 0 aliphatic heterocycles. The van der Waals surface area contributed by atoms with E-state index >= 15 is 0 Å². The second kappa shape index (κ2) is 7.82. The van der Waals surface area contributed by atoms with E-state index in [9.17, 15) is 13.6 Å². The summed E-state index contributed by atoms with van der Waals surface area (Å²) >= 11 is 5.69. The van der Waals surface area contributed by atoms with Gasteiger partial charge in [0.25, 0.3) is 0 Å². The van der Waals surface area contributed by atoms with Gasteiger partial charge in [-0.3, -0.25) is 4.79 Å². The Bertz CT molecular complexity index is 629. The summed E-state index contributed by atoms with van der Waals surface area (Å²) in [6, 6.07) is 6.57. The first-order chi connectivity index (χ1) is 10.5. The van der Waals surface area contributed by atoms with Crippen molar-refractivity contribution in [2.24, 2.45) is 0 Å². The van der Waals surface area contributed by atoms with Gasteiger partial charge in [0.05, 0.1) is 11.6 Å². The third-order valence-corrected chi connectivity index (χ3v) is 3.02. The summed E-state index contributed by atoms with van der Waals surface area (Å²) in [5, 5.41) is 5.97. The summed E-state index contributed by atoms with van der Waals surface area (Å²) in [6.07, 6.45) is 1.85. The van der Waals surface area contributed by atoms with Crippen molar-refractivity contribution in [1.29, 1.82) is 0 Å². The van der Waals surface area contributed by atoms with Crippen molar-refractivity contribution in [2.75, 3.05) is 18.4 Å². The standard InChI is InChI=1S/C15H14ClF2N3O/c16-11-1-2-14(20-8-11)21-15(22)9-19-4-3-10-5-12(17)7-13(18)6-10/h1-2,5-8,19H,3-4,9H2,(H,20,21,22). The summed E-state index contributed by atoms with van der Waals surface area (Å²) in [5.74, 6) is -1.08. The second-order valence-electron chi connectivity index (χ2n) is 4.61. The van der Waals surface area contributed by atoms with Gasteiger partial charge in [0.2, 0.25) is 5.91 Å². The van der Waals surface area contributed by atoms with Gasteiger partial charge in [-0.05, 0) is 42.8 Å². The van der Waals surface area contributed by atoms with Gasteiger partial charge in [-0.1, -0.05) is 11.6 Å². The number of aromatic nitrogens is 1. The van der Waals surface area contributed by atoms with E-state index in [4.69, 9.17) is 11.6 Å². The number of benzene rings is 1. The molecule has 2 aromatic rings. The molecule has 0 radical (unpaired) electrons. The zero-order chi connectivity index (χ0) is 15.9. The molecule has 4 nitrogen and oxygen atoms in total. The molecule has 1 aromatic heterocycles. The predicted molar refractivity (Wildman–Crippen MR) is 80.8 cm³/mol. The van der Waals surface area contributed by atoms with Gasteiger partial charge in [-0.15, -0.1) is 0 Å². The quantitative estimate of drug-likeness (QED) is 0.803. The lowest BCUT2D eigenvalue weighted by Gasteiger charge is -2.06. The molecule has 7 heteroatoms. The molecule has 1 amide bonds. The summed E-state index contributed by atoms with van der Waals surface area (Å²) in [5.41, 5.74) is 0.532. The molecule has 0 aliphatic rings. The lowest BCUT2D eigenvalue weighted by Crippen LogP contribution is -2.29. The van der Waals surface area contributed by atoms with Crippen LogP contribution >= 0.6 is 11.6 Å². The lowest BCUT2D eigenvalue weighted by atomic mass is 10.1. The van der Waals surface area contributed by atoms with Crippen LogP contribution in [0.4, 0.5) is 14.6 Å². The molecule has 116 valence electrons. The molecule has 0 saturated carbocycles. The molecule has 0 bridgehead atoms. The summed E-state index contributed by atoms with van der Waals surface area (Å²) in [7, 11) is 0. The first-order valence-electron chi connectivity index (χ1n) is 6.60. The van der Waals surface area contributed by atoms with Crippen LogP contribution in [0.2, 0.25) is 5.02 Å². The Morgan fingerprint density at radius 1 is 1.18 bits per heavy atom. The molecule has 1 aromatic carbocycles. The van der Waals surface area contributed by atoms with Gasteiger partial charge in [-0.2, -0.15) is 0 Å². The molecule has 0 fully saturated rings. The number of pyridine rings is 1. The molecule has 1 heterocycles. The number of hydrogen-bond acceptors (Lipinski definition) is 3. The number of carbonyl (C=O) groups is 1. The van der Waals surface area contributed by atoms with E-state index in [1.54, 1.807) is 12.1 Å². The monoisotopic (exact) mass is 325 g/mol. The van der Waals surface area contributed by atoms with Crippen LogP contribution in [-0.2, 0) is 11.2 Å². The maximum absolute atomic E-state index is 13.0. The van der Waals surface area contributed by atoms with Crippen LogP contribution in [0.1, 0.15) is 5.56 Å². The highest BCUT2D eigenvalue weighted by Crippen LogP contribution is 2.09. The van der Waals surface area contributed by atoms with Gasteiger partial charge in [0.1, 0.15) is 17.5 Å². The molecule has 0 spiro atoms. The fraction of sp³-hybridized carbons (Fsp3) is 0.200. The highest BCUT2D eigenvalue weighted by atomic mass is 35.5. The first-order valence-corrected chi connectivity index (χ1v) is 6.98. The van der Waals surface area contributed by atoms with E-state index in [0.717, 1.165) is 6.07 Å². The van der Waals surface area contributed by atoms with Crippen LogP contribution < -0.4 is 10.6 Å². The summed E-state index contributed by atoms with van der Waals surface area (Å²) in [4.78, 5) is 15.6. The average Bonchev–Trinajstić information content (AvgIpc) is 2.45. The van der Waals surface area contributed by atoms with Crippen LogP contribution in [0, 0.1) is 11.6 Å². The van der Waals surface area contributed by atoms with Gasteiger partial charge in [-0.25, -0.2) is 13.8 Å². The van der Waals surface area contributed by atoms with Crippen molar-refractivity contribution in [1.82, 2.24) is 10.3 Å². The van der Waals surface area contributed by atoms with Gasteiger partial charge in [0, 0.05) is 12.3 Å². The van der Waals surface area contributed by atoms with Crippen molar-refractivity contribution in [3.05, 3.63) is 58.7 Å². The van der Waals surface area contributed by atoms with Crippen LogP contribution in [0.3, 0.4) is 0 Å². The number of amides is 1. The Morgan fingerprint density at radius 3 is 2.55 bits per heavy atom. The molecular formula is C15H14ClF2N3O. The SMILES string of the molecule is O=C(CNCCc1cc(F)cc(F)c1)Nc1ccc(Cl)cn1. The fourth-order valence-electron chi connectivity index (χ4n) is 1.83. The van der Waals surface area contributed by atoms with Crippen molar-refractivity contribution in [3.8, 4) is 0 Å². The molecule has 0 saturated heterocycles. The van der Waals surface area contributed by atoms with Crippen molar-refractivity contribution in [2.45, 2.75) is 6.42 Å². The van der Waals surface area contributed by atoms with Crippen LogP contribution in [0.5, 0.6) is 0 Å². The molecule has 2 N–H and O–H groups in total. The van der Waals surface area contributed by atoms with Crippen molar-refractivity contribution >= 4 is 23.3 Å². The Labute approximate surface area is 131 Å². The minimum Gasteiger partial charge on any atom is -0.310 e. The lowest BCUT2D eigenvalue weighted by molar-refractivity contribution is -0.115. The number of carbonyl (C=O) groups excluding carboxylic acids is 1. The number of nitrogens with zero attached hydrogens (tertiary/aromatic N) is 1. The largest absolute Gasteiger partial charge is 0.310 e. The number of hydrogen-bond donors (Lipinski definition) is 2. The summed E-state index contributed by atoms with van der Waals surface area (Å²) < 4.78 is 26.0. The minimum absolute atomic E-state index is 0.0715. The van der Waals surface area contributed by atoms with Gasteiger partial charge in [0.15, 0.2) is 0 Å². The molecule has 2 rings (SSSR count). The van der Waals surface area contributed by atoms with E-state index < -0.39 is 11.6 Å². The molecule has 0 unspecified atom stereocenters. The number of rotatable bonds is 6. The fourth-order valence-corrected chi connectivity index (χ4v) is 1.94. The Balaban J connectivity index is 1.71. The molecule has 22 heavy (non-hydrogen) atoms. The zero-order valence-electron chi connectivity index (χ0n) is 11.6. The minimum atomic E-state index is -0.610. The van der Waals surface area contributed by atoms with E-state index in [-0.39, 0.29) is 12.5 Å². The Hall–Kier alpha value is -2.05. The van der Waals surface area contributed by atoms with Crippen molar-refractivity contribution in [3.63, 3.8) is 0 Å². The molecule has 0 atom stereocenters. The Morgan fingerprint density at radius 2 is 1.91 bits per heavy atom. The van der Waals surface area contributed by atoms with E-state index in [2.05, 4.69) is 15.6 Å². The maximum Gasteiger partial charge on any atom is 0.239 e. The predicted octanol–water partition coefficient (Wildman–Crippen LogP) is 2.78. The van der Waals surface area contributed by atoms with Crippen LogP contribution in [0.25, 0.3) is 0 Å². The second-order valence-corrected chi connectivity index (χ2v) is 5.05. The zero-order valence-corrected chi connectivity index (χ0v) is 12.3. The highest BCUT2D eigenvalue weighted by Gasteiger charge is 2.04. The third-order valence-electron chi connectivity index (χ3n) is 2.79. The van der Waals surface area contributed by atoms with E-state index in [0.29, 0.717) is 29.4 Å². The van der Waals surface area contributed by atoms with E-state index in [1.807, 2.05) is 0 Å². The summed E-state index contributed by atoms with van der Waals surface area (Å²) in [6.45, 7) is 0.493. The van der Waals surface area contributed by atoms with Gasteiger partial charge < -0.3 is 10.6 Å². The number of halogens is 3. The topological polar surface area (TPSA) is 54.0 Å². The van der Waals surface area contributed by atoms with Crippen LogP contribution in [-0.4, -0.2) is 24.0 Å². The van der Waals surface area contributed by atoms with Gasteiger partial charge >= 0.3 is 0 Å². The average molecular weight is 326 g/mol. The van der Waals surface area contributed by atoms with Crippen LogP contribution in [0.15, 0.2) is 36.5 Å². The normalized spacial score (nSPS) is 10.5. The van der Waals surface area contributed by atoms with Crippen molar-refractivity contribution < 1.29 is 13.6 Å². The first kappa shape index (κ1) is 16.3. The Kier molecular flexibility index (Phi) is 5.80. The smallest absolute Gasteiger partial charge is 0.239 e. The number of anilines is 1. The highest BCUT2D eigenvalue weighted by molar-refractivity contribution is 6.30. The van der Waals surface area contributed by atoms with E-state index in [1.165, 1.54) is 18.3 Å². The third kappa shape index (κ3) is 5.38. The molecular weight excluding hydrogens is 312 g/mol.